The molecule has 11 heteroatoms. The number of carboxylic acid groups (broad SMARTS) is 1. The lowest BCUT2D eigenvalue weighted by Gasteiger charge is -2.36. The van der Waals surface area contributed by atoms with E-state index in [1.807, 2.05) is 30.3 Å². The zero-order valence-electron chi connectivity index (χ0n) is 22.9. The summed E-state index contributed by atoms with van der Waals surface area (Å²) in [6.07, 6.45) is 1.59. The normalized spacial score (nSPS) is 16.2. The molecule has 5 rings (SSSR count). The van der Waals surface area contributed by atoms with Crippen molar-refractivity contribution in [2.75, 3.05) is 44.7 Å². The Balaban J connectivity index is 1.18. The molecule has 2 saturated heterocycles. The Morgan fingerprint density at radius 3 is 2.31 bits per heavy atom. The number of benzene rings is 3. The summed E-state index contributed by atoms with van der Waals surface area (Å²) >= 11 is 0.797. The van der Waals surface area contributed by atoms with Gasteiger partial charge in [-0.3, -0.25) is 19.3 Å². The number of para-hydroxylation sites is 1. The maximum atomic E-state index is 13.1. The number of ether oxygens (including phenoxy) is 2. The molecule has 0 saturated carbocycles. The van der Waals surface area contributed by atoms with Crippen molar-refractivity contribution >= 4 is 46.5 Å². The van der Waals surface area contributed by atoms with Crippen LogP contribution in [0.25, 0.3) is 6.08 Å². The van der Waals surface area contributed by atoms with Crippen LogP contribution in [0, 0.1) is 0 Å². The van der Waals surface area contributed by atoms with E-state index in [0.29, 0.717) is 43.2 Å². The second-order valence-corrected chi connectivity index (χ2v) is 10.7. The summed E-state index contributed by atoms with van der Waals surface area (Å²) in [5.74, 6) is -0.878. The molecule has 3 aromatic rings. The smallest absolute Gasteiger partial charge is 0.335 e. The molecule has 3 amide bonds. The first-order chi connectivity index (χ1) is 20.3. The number of carbonyl (C=O) groups is 4. The quantitative estimate of drug-likeness (QED) is 0.365. The molecule has 0 bridgehead atoms. The van der Waals surface area contributed by atoms with Crippen LogP contribution in [0.2, 0.25) is 0 Å². The third kappa shape index (κ3) is 6.58. The minimum atomic E-state index is -0.998. The summed E-state index contributed by atoms with van der Waals surface area (Å²) in [5, 5.41) is 8.56. The Kier molecular flexibility index (Phi) is 8.77. The fourth-order valence-corrected chi connectivity index (χ4v) is 5.51. The molecule has 10 nitrogen and oxygen atoms in total. The van der Waals surface area contributed by atoms with Crippen molar-refractivity contribution in [1.29, 1.82) is 0 Å². The number of hydrogen-bond donors (Lipinski definition) is 1. The Bertz CT molecular complexity index is 1520. The number of amides is 3. The zero-order valence-corrected chi connectivity index (χ0v) is 23.7. The summed E-state index contributed by atoms with van der Waals surface area (Å²) in [6.45, 7) is 2.29. The number of nitrogens with zero attached hydrogens (tertiary/aromatic N) is 3. The Morgan fingerprint density at radius 1 is 0.929 bits per heavy atom. The predicted octanol–water partition coefficient (Wildman–Crippen LogP) is 4.36. The lowest BCUT2D eigenvalue weighted by atomic mass is 10.1. The van der Waals surface area contributed by atoms with Gasteiger partial charge in [-0.1, -0.05) is 36.4 Å². The van der Waals surface area contributed by atoms with Crippen LogP contribution in [-0.4, -0.2) is 77.8 Å². The average molecular weight is 588 g/mol. The standard InChI is InChI=1S/C31H29N3O7S/c1-40-26-17-22(9-12-25(26)41-20-21-7-10-23(11-8-21)30(37)38)18-27-29(36)34(31(39)42-27)19-28(35)33-15-13-32(14-16-33)24-5-3-2-4-6-24/h2-12,17-18H,13-16,19-20H2,1H3,(H,37,38)/b27-18+. The number of carboxylic acids is 1. The average Bonchev–Trinajstić information content (AvgIpc) is 3.28. The molecule has 0 unspecified atom stereocenters. The van der Waals surface area contributed by atoms with Crippen molar-refractivity contribution in [2.45, 2.75) is 6.61 Å². The molecule has 1 N–H and O–H groups in total. The molecular formula is C31H29N3O7S. The van der Waals surface area contributed by atoms with Crippen LogP contribution in [0.1, 0.15) is 21.5 Å². The third-order valence-corrected chi connectivity index (χ3v) is 7.91. The van der Waals surface area contributed by atoms with Crippen LogP contribution in [0.4, 0.5) is 10.5 Å². The predicted molar refractivity (Wildman–Crippen MR) is 159 cm³/mol. The Hall–Kier alpha value is -4.77. The van der Waals surface area contributed by atoms with Crippen LogP contribution in [0.15, 0.2) is 77.7 Å². The molecule has 2 fully saturated rings. The third-order valence-electron chi connectivity index (χ3n) is 7.00. The minimum absolute atomic E-state index is 0.191. The number of aromatic carboxylic acids is 1. The number of carbonyl (C=O) groups excluding carboxylic acids is 3. The van der Waals surface area contributed by atoms with Crippen molar-refractivity contribution in [3.05, 3.63) is 94.4 Å². The van der Waals surface area contributed by atoms with E-state index >= 15 is 0 Å². The van der Waals surface area contributed by atoms with E-state index in [1.54, 1.807) is 41.3 Å². The highest BCUT2D eigenvalue weighted by atomic mass is 32.2. The summed E-state index contributed by atoms with van der Waals surface area (Å²) in [6, 6.07) is 21.5. The SMILES string of the molecule is COc1cc(/C=C2/SC(=O)N(CC(=O)N3CCN(c4ccccc4)CC3)C2=O)ccc1OCc1ccc(C(=O)O)cc1. The zero-order chi connectivity index (χ0) is 29.6. The molecule has 0 atom stereocenters. The van der Waals surface area contributed by atoms with Crippen molar-refractivity contribution in [3.8, 4) is 11.5 Å². The fourth-order valence-electron chi connectivity index (χ4n) is 4.67. The number of anilines is 1. The first-order valence-corrected chi connectivity index (χ1v) is 14.1. The van der Waals surface area contributed by atoms with Gasteiger partial charge in [0.2, 0.25) is 5.91 Å². The van der Waals surface area contributed by atoms with E-state index in [2.05, 4.69) is 4.90 Å². The van der Waals surface area contributed by atoms with Crippen LogP contribution < -0.4 is 14.4 Å². The summed E-state index contributed by atoms with van der Waals surface area (Å²) in [5.41, 5.74) is 2.70. The van der Waals surface area contributed by atoms with Gasteiger partial charge < -0.3 is 24.4 Å². The Labute approximate surface area is 247 Å². The van der Waals surface area contributed by atoms with Gasteiger partial charge >= 0.3 is 5.97 Å². The first-order valence-electron chi connectivity index (χ1n) is 13.3. The number of imide groups is 1. The van der Waals surface area contributed by atoms with E-state index < -0.39 is 17.1 Å². The summed E-state index contributed by atoms with van der Waals surface area (Å²) in [4.78, 5) is 54.8. The Morgan fingerprint density at radius 2 is 1.64 bits per heavy atom. The lowest BCUT2D eigenvalue weighted by Crippen LogP contribution is -2.51. The molecule has 2 aliphatic heterocycles. The first kappa shape index (κ1) is 28.7. The molecule has 0 aliphatic carbocycles. The van der Waals surface area contributed by atoms with Crippen molar-refractivity contribution in [2.24, 2.45) is 0 Å². The van der Waals surface area contributed by atoms with Crippen LogP contribution in [0.5, 0.6) is 11.5 Å². The molecular weight excluding hydrogens is 558 g/mol. The van der Waals surface area contributed by atoms with E-state index in [9.17, 15) is 19.2 Å². The highest BCUT2D eigenvalue weighted by molar-refractivity contribution is 8.18. The molecule has 0 radical (unpaired) electrons. The van der Waals surface area contributed by atoms with E-state index in [1.165, 1.54) is 19.2 Å². The van der Waals surface area contributed by atoms with E-state index in [-0.39, 0.29) is 29.5 Å². The highest BCUT2D eigenvalue weighted by Crippen LogP contribution is 2.35. The van der Waals surface area contributed by atoms with Gasteiger partial charge in [-0.05, 0) is 65.4 Å². The number of rotatable bonds is 9. The van der Waals surface area contributed by atoms with Crippen LogP contribution in [-0.2, 0) is 16.2 Å². The minimum Gasteiger partial charge on any atom is -0.493 e. The maximum Gasteiger partial charge on any atom is 0.335 e. The van der Waals surface area contributed by atoms with Crippen molar-refractivity contribution in [3.63, 3.8) is 0 Å². The second-order valence-electron chi connectivity index (χ2n) is 9.67. The van der Waals surface area contributed by atoms with Gasteiger partial charge in [0.15, 0.2) is 11.5 Å². The number of thioether (sulfide) groups is 1. The van der Waals surface area contributed by atoms with Gasteiger partial charge in [-0.2, -0.15) is 0 Å². The topological polar surface area (TPSA) is 117 Å². The van der Waals surface area contributed by atoms with Crippen molar-refractivity contribution < 1.29 is 33.8 Å². The second kappa shape index (κ2) is 12.8. The molecule has 0 spiro atoms. The van der Waals surface area contributed by atoms with Crippen molar-refractivity contribution in [1.82, 2.24) is 9.80 Å². The van der Waals surface area contributed by atoms with E-state index in [0.717, 1.165) is 27.9 Å². The largest absolute Gasteiger partial charge is 0.493 e. The van der Waals surface area contributed by atoms with E-state index in [4.69, 9.17) is 14.6 Å². The summed E-state index contributed by atoms with van der Waals surface area (Å²) < 4.78 is 11.3. The van der Waals surface area contributed by atoms with Gasteiger partial charge in [0, 0.05) is 31.9 Å². The highest BCUT2D eigenvalue weighted by Gasteiger charge is 2.37. The molecule has 216 valence electrons. The number of hydrogen-bond acceptors (Lipinski definition) is 8. The van der Waals surface area contributed by atoms with Crippen LogP contribution in [0.3, 0.4) is 0 Å². The van der Waals surface area contributed by atoms with Gasteiger partial charge in [0.25, 0.3) is 11.1 Å². The number of methoxy groups -OCH3 is 1. The van der Waals surface area contributed by atoms with Gasteiger partial charge in [-0.25, -0.2) is 4.79 Å². The molecule has 42 heavy (non-hydrogen) atoms. The molecule has 3 aromatic carbocycles. The lowest BCUT2D eigenvalue weighted by molar-refractivity contribution is -0.136. The molecule has 0 aromatic heterocycles. The van der Waals surface area contributed by atoms with Gasteiger partial charge in [0.1, 0.15) is 13.2 Å². The van der Waals surface area contributed by atoms with Crippen LogP contribution >= 0.6 is 11.8 Å². The number of piperazine rings is 1. The fraction of sp³-hybridized carbons (Fsp3) is 0.226. The van der Waals surface area contributed by atoms with Gasteiger partial charge in [0.05, 0.1) is 17.6 Å². The monoisotopic (exact) mass is 587 g/mol. The maximum absolute atomic E-state index is 13.1. The molecule has 2 aliphatic rings. The van der Waals surface area contributed by atoms with Gasteiger partial charge in [-0.15, -0.1) is 0 Å². The summed E-state index contributed by atoms with van der Waals surface area (Å²) in [7, 11) is 1.49. The molecule has 2 heterocycles.